The molecule has 1 saturated heterocycles. The molecule has 0 spiro atoms. The summed E-state index contributed by atoms with van der Waals surface area (Å²) in [5.74, 6) is 0.135. The van der Waals surface area contributed by atoms with Gasteiger partial charge in [0.2, 0.25) is 10.0 Å². The second-order valence-corrected chi connectivity index (χ2v) is 9.07. The molecule has 1 aromatic rings. The summed E-state index contributed by atoms with van der Waals surface area (Å²) < 4.78 is 45.4. The Bertz CT molecular complexity index is 654. The van der Waals surface area contributed by atoms with Crippen LogP contribution in [0.5, 0.6) is 0 Å². The van der Waals surface area contributed by atoms with Crippen LogP contribution in [0.15, 0.2) is 24.3 Å². The fourth-order valence-corrected chi connectivity index (χ4v) is 5.18. The molecule has 3 rings (SSSR count). The average molecular weight is 371 g/mol. The van der Waals surface area contributed by atoms with Crippen LogP contribution >= 0.6 is 0 Å². The van der Waals surface area contributed by atoms with Gasteiger partial charge in [-0.15, -0.1) is 0 Å². The highest BCUT2D eigenvalue weighted by atomic mass is 32.2. The molecule has 25 heavy (non-hydrogen) atoms. The van der Waals surface area contributed by atoms with Crippen molar-refractivity contribution in [2.45, 2.75) is 44.2 Å². The molecule has 5 nitrogen and oxygen atoms in total. The van der Waals surface area contributed by atoms with E-state index >= 15 is 0 Å². The lowest BCUT2D eigenvalue weighted by Gasteiger charge is -2.27. The second-order valence-electron chi connectivity index (χ2n) is 7.03. The van der Waals surface area contributed by atoms with E-state index in [1.165, 1.54) is 28.6 Å². The maximum absolute atomic E-state index is 13.0. The lowest BCUT2D eigenvalue weighted by atomic mass is 9.98. The number of sulfonamides is 1. The molecule has 1 aliphatic heterocycles. The molecule has 7 heteroatoms. The van der Waals surface area contributed by atoms with Gasteiger partial charge >= 0.3 is 0 Å². The third-order valence-corrected chi connectivity index (χ3v) is 6.96. The largest absolute Gasteiger partial charge is 0.387 e. The van der Waals surface area contributed by atoms with Crippen LogP contribution in [-0.4, -0.2) is 49.4 Å². The third-order valence-electron chi connectivity index (χ3n) is 5.04. The van der Waals surface area contributed by atoms with E-state index in [9.17, 15) is 17.9 Å². The Morgan fingerprint density at radius 1 is 1.16 bits per heavy atom. The molecule has 140 valence electrons. The van der Waals surface area contributed by atoms with E-state index < -0.39 is 16.1 Å². The number of rotatable bonds is 8. The molecule has 2 aliphatic rings. The minimum atomic E-state index is -3.41. The highest BCUT2D eigenvalue weighted by Crippen LogP contribution is 2.32. The first kappa shape index (κ1) is 18.8. The Kier molecular flexibility index (Phi) is 6.09. The maximum atomic E-state index is 13.0. The van der Waals surface area contributed by atoms with Gasteiger partial charge in [0.15, 0.2) is 0 Å². The smallest absolute Gasteiger partial charge is 0.214 e. The molecule has 0 bridgehead atoms. The van der Waals surface area contributed by atoms with Crippen molar-refractivity contribution in [2.24, 2.45) is 5.92 Å². The molecule has 1 saturated carbocycles. The first-order valence-corrected chi connectivity index (χ1v) is 10.6. The van der Waals surface area contributed by atoms with E-state index in [4.69, 9.17) is 4.74 Å². The summed E-state index contributed by atoms with van der Waals surface area (Å²) in [6, 6.07) is 5.55. The van der Waals surface area contributed by atoms with E-state index in [1.807, 2.05) is 0 Å². The van der Waals surface area contributed by atoms with Crippen molar-refractivity contribution in [3.8, 4) is 0 Å². The van der Waals surface area contributed by atoms with E-state index in [1.54, 1.807) is 0 Å². The molecular weight excluding hydrogens is 345 g/mol. The summed E-state index contributed by atoms with van der Waals surface area (Å²) in [6.07, 6.45) is 3.20. The quantitative estimate of drug-likeness (QED) is 0.762. The highest BCUT2D eigenvalue weighted by Gasteiger charge is 2.38. The topological polar surface area (TPSA) is 66.8 Å². The Morgan fingerprint density at radius 2 is 1.80 bits per heavy atom. The van der Waals surface area contributed by atoms with Crippen molar-refractivity contribution < 1.29 is 22.7 Å². The fourth-order valence-electron chi connectivity index (χ4n) is 3.28. The molecule has 0 unspecified atom stereocenters. The lowest BCUT2D eigenvalue weighted by Crippen LogP contribution is -2.38. The van der Waals surface area contributed by atoms with Gasteiger partial charge in [0, 0.05) is 25.8 Å². The minimum Gasteiger partial charge on any atom is -0.387 e. The van der Waals surface area contributed by atoms with Crippen molar-refractivity contribution in [2.75, 3.05) is 25.5 Å². The monoisotopic (exact) mass is 371 g/mol. The lowest BCUT2D eigenvalue weighted by molar-refractivity contribution is 0.0654. The van der Waals surface area contributed by atoms with Crippen molar-refractivity contribution in [1.29, 1.82) is 0 Å². The van der Waals surface area contributed by atoms with Gasteiger partial charge in [-0.3, -0.25) is 0 Å². The van der Waals surface area contributed by atoms with Crippen LogP contribution in [0.2, 0.25) is 0 Å². The zero-order chi connectivity index (χ0) is 17.9. The molecule has 0 amide bonds. The van der Waals surface area contributed by atoms with Crippen molar-refractivity contribution in [3.63, 3.8) is 0 Å². The number of aliphatic hydroxyl groups is 1. The normalized spacial score (nSPS) is 20.8. The van der Waals surface area contributed by atoms with Crippen LogP contribution in [0.4, 0.5) is 4.39 Å². The molecule has 1 atom stereocenters. The number of benzene rings is 1. The number of hydrogen-bond donors (Lipinski definition) is 1. The number of halogens is 1. The summed E-state index contributed by atoms with van der Waals surface area (Å²) in [4.78, 5) is 0. The average Bonchev–Trinajstić information content (AvgIpc) is 3.44. The van der Waals surface area contributed by atoms with E-state index in [0.29, 0.717) is 31.1 Å². The summed E-state index contributed by atoms with van der Waals surface area (Å²) in [5, 5.41) is 10.4. The highest BCUT2D eigenvalue weighted by molar-refractivity contribution is 7.89. The van der Waals surface area contributed by atoms with Gasteiger partial charge in [-0.1, -0.05) is 12.1 Å². The summed E-state index contributed by atoms with van der Waals surface area (Å²) in [6.45, 7) is 1.45. The van der Waals surface area contributed by atoms with Crippen LogP contribution in [-0.2, 0) is 14.8 Å². The van der Waals surface area contributed by atoms with Gasteiger partial charge in [0.25, 0.3) is 0 Å². The van der Waals surface area contributed by atoms with Gasteiger partial charge in [-0.25, -0.2) is 12.8 Å². The first-order chi connectivity index (χ1) is 12.0. The Balaban J connectivity index is 1.62. The Labute approximate surface area is 148 Å². The second kappa shape index (κ2) is 8.12. The SMILES string of the molecule is O=S(=O)(CCC1CCOCC1)N(C[C@H](O)c1ccc(F)cc1)C1CC1. The van der Waals surface area contributed by atoms with E-state index in [0.717, 1.165) is 25.7 Å². The molecule has 1 aliphatic carbocycles. The molecule has 1 aromatic carbocycles. The van der Waals surface area contributed by atoms with Crippen molar-refractivity contribution in [3.05, 3.63) is 35.6 Å². The van der Waals surface area contributed by atoms with Crippen molar-refractivity contribution in [1.82, 2.24) is 4.31 Å². The molecular formula is C18H26FNO4S. The van der Waals surface area contributed by atoms with Crippen LogP contribution in [0, 0.1) is 11.7 Å². The van der Waals surface area contributed by atoms with Gasteiger partial charge in [0.05, 0.1) is 11.9 Å². The van der Waals surface area contributed by atoms with Gasteiger partial charge in [-0.05, 0) is 55.7 Å². The predicted octanol–water partition coefficient (Wildman–Crippen LogP) is 2.47. The van der Waals surface area contributed by atoms with Gasteiger partial charge in [-0.2, -0.15) is 4.31 Å². The molecule has 1 N–H and O–H groups in total. The zero-order valence-corrected chi connectivity index (χ0v) is 15.1. The van der Waals surface area contributed by atoms with E-state index in [-0.39, 0.29) is 24.2 Å². The summed E-state index contributed by atoms with van der Waals surface area (Å²) in [7, 11) is -3.41. The number of nitrogens with zero attached hydrogens (tertiary/aromatic N) is 1. The molecule has 1 heterocycles. The van der Waals surface area contributed by atoms with Gasteiger partial charge in [0.1, 0.15) is 5.82 Å². The summed E-state index contributed by atoms with van der Waals surface area (Å²) in [5.41, 5.74) is 0.534. The van der Waals surface area contributed by atoms with Crippen LogP contribution in [0.3, 0.4) is 0 Å². The van der Waals surface area contributed by atoms with E-state index in [2.05, 4.69) is 0 Å². The number of ether oxygens (including phenoxy) is 1. The summed E-state index contributed by atoms with van der Waals surface area (Å²) >= 11 is 0. The predicted molar refractivity (Wildman–Crippen MR) is 93.0 cm³/mol. The Hall–Kier alpha value is -1.02. The minimum absolute atomic E-state index is 0.00483. The maximum Gasteiger partial charge on any atom is 0.214 e. The van der Waals surface area contributed by atoms with Crippen LogP contribution < -0.4 is 0 Å². The van der Waals surface area contributed by atoms with Crippen LogP contribution in [0.25, 0.3) is 0 Å². The number of hydrogen-bond acceptors (Lipinski definition) is 4. The molecule has 2 fully saturated rings. The van der Waals surface area contributed by atoms with Gasteiger partial charge < -0.3 is 9.84 Å². The third kappa shape index (κ3) is 5.23. The standard InChI is InChI=1S/C18H26FNO4S/c19-16-3-1-15(2-4-16)18(21)13-20(17-5-6-17)25(22,23)12-9-14-7-10-24-11-8-14/h1-4,14,17-18,21H,5-13H2/t18-/m0/s1. The van der Waals surface area contributed by atoms with Crippen molar-refractivity contribution >= 4 is 10.0 Å². The molecule has 0 aromatic heterocycles. The van der Waals surface area contributed by atoms with Crippen LogP contribution in [0.1, 0.15) is 43.8 Å². The Morgan fingerprint density at radius 3 is 2.40 bits per heavy atom. The first-order valence-electron chi connectivity index (χ1n) is 8.96. The zero-order valence-electron chi connectivity index (χ0n) is 14.3. The fraction of sp³-hybridized carbons (Fsp3) is 0.667. The number of aliphatic hydroxyl groups excluding tert-OH is 1. The molecule has 0 radical (unpaired) electrons.